The number of nitrogens with one attached hydrogen (secondary N) is 1. The fourth-order valence-electron chi connectivity index (χ4n) is 1.47. The van der Waals surface area contributed by atoms with E-state index in [0.717, 1.165) is 5.56 Å². The molecular weight excluding hydrogens is 217 g/mol. The van der Waals surface area contributed by atoms with Crippen LogP contribution in [0.4, 0.5) is 4.39 Å². The SMILES string of the molecule is C=C(OCC)c1cc(CNC(C)C)ccc1F. The fraction of sp³-hybridized carbons (Fsp3) is 0.429. The van der Waals surface area contributed by atoms with Crippen LogP contribution in [0.2, 0.25) is 0 Å². The summed E-state index contributed by atoms with van der Waals surface area (Å²) in [4.78, 5) is 0. The first-order chi connectivity index (χ1) is 8.04. The van der Waals surface area contributed by atoms with Crippen molar-refractivity contribution < 1.29 is 9.13 Å². The number of benzene rings is 1. The van der Waals surface area contributed by atoms with E-state index in [0.29, 0.717) is 30.5 Å². The summed E-state index contributed by atoms with van der Waals surface area (Å²) in [7, 11) is 0. The summed E-state index contributed by atoms with van der Waals surface area (Å²) >= 11 is 0. The van der Waals surface area contributed by atoms with Gasteiger partial charge in [0.2, 0.25) is 0 Å². The van der Waals surface area contributed by atoms with Gasteiger partial charge in [-0.15, -0.1) is 0 Å². The van der Waals surface area contributed by atoms with E-state index in [1.165, 1.54) is 6.07 Å². The van der Waals surface area contributed by atoms with Gasteiger partial charge in [0, 0.05) is 12.6 Å². The molecule has 0 atom stereocenters. The molecule has 17 heavy (non-hydrogen) atoms. The molecule has 0 saturated heterocycles. The van der Waals surface area contributed by atoms with Crippen molar-refractivity contribution in [2.24, 2.45) is 0 Å². The highest BCUT2D eigenvalue weighted by molar-refractivity contribution is 5.58. The second kappa shape index (κ2) is 6.40. The van der Waals surface area contributed by atoms with Crippen LogP contribution in [-0.2, 0) is 11.3 Å². The Balaban J connectivity index is 2.82. The molecule has 3 heteroatoms. The van der Waals surface area contributed by atoms with Crippen LogP contribution in [0.1, 0.15) is 31.9 Å². The monoisotopic (exact) mass is 237 g/mol. The molecule has 0 amide bonds. The Hall–Kier alpha value is -1.35. The molecule has 0 fully saturated rings. The maximum Gasteiger partial charge on any atom is 0.134 e. The van der Waals surface area contributed by atoms with Gasteiger partial charge in [0.1, 0.15) is 11.6 Å². The van der Waals surface area contributed by atoms with Crippen LogP contribution in [0.5, 0.6) is 0 Å². The summed E-state index contributed by atoms with van der Waals surface area (Å²) in [5.74, 6) is 0.0909. The van der Waals surface area contributed by atoms with E-state index in [4.69, 9.17) is 4.74 Å². The third-order valence-electron chi connectivity index (χ3n) is 2.36. The van der Waals surface area contributed by atoms with Crippen molar-refractivity contribution in [2.75, 3.05) is 6.61 Å². The Bertz CT molecular complexity index is 388. The van der Waals surface area contributed by atoms with Gasteiger partial charge in [-0.2, -0.15) is 0 Å². The van der Waals surface area contributed by atoms with E-state index >= 15 is 0 Å². The zero-order valence-electron chi connectivity index (χ0n) is 10.7. The molecule has 0 saturated carbocycles. The van der Waals surface area contributed by atoms with Gasteiger partial charge in [-0.3, -0.25) is 0 Å². The molecule has 0 bridgehead atoms. The summed E-state index contributed by atoms with van der Waals surface area (Å²) in [5, 5.41) is 3.29. The van der Waals surface area contributed by atoms with Crippen LogP contribution < -0.4 is 5.32 Å². The largest absolute Gasteiger partial charge is 0.494 e. The summed E-state index contributed by atoms with van der Waals surface area (Å²) in [6, 6.07) is 5.41. The predicted octanol–water partition coefficient (Wildman–Crippen LogP) is 3.33. The van der Waals surface area contributed by atoms with Gasteiger partial charge in [0.05, 0.1) is 12.2 Å². The van der Waals surface area contributed by atoms with Crippen LogP contribution in [0, 0.1) is 5.82 Å². The quantitative estimate of drug-likeness (QED) is 0.766. The van der Waals surface area contributed by atoms with Crippen LogP contribution >= 0.6 is 0 Å². The molecule has 0 spiro atoms. The molecule has 0 aliphatic carbocycles. The minimum absolute atomic E-state index is 0.295. The molecule has 0 heterocycles. The Kier molecular flexibility index (Phi) is 5.16. The molecule has 94 valence electrons. The summed E-state index contributed by atoms with van der Waals surface area (Å²) < 4.78 is 18.8. The maximum atomic E-state index is 13.6. The average molecular weight is 237 g/mol. The predicted molar refractivity (Wildman–Crippen MR) is 69.0 cm³/mol. The Labute approximate surface area is 102 Å². The van der Waals surface area contributed by atoms with Gasteiger partial charge < -0.3 is 10.1 Å². The zero-order chi connectivity index (χ0) is 12.8. The lowest BCUT2D eigenvalue weighted by molar-refractivity contribution is 0.297. The lowest BCUT2D eigenvalue weighted by Gasteiger charge is -2.12. The molecule has 2 nitrogen and oxygen atoms in total. The van der Waals surface area contributed by atoms with Crippen molar-refractivity contribution in [3.8, 4) is 0 Å². The number of ether oxygens (including phenoxy) is 1. The number of hydrogen-bond acceptors (Lipinski definition) is 2. The van der Waals surface area contributed by atoms with Gasteiger partial charge in [-0.1, -0.05) is 26.5 Å². The second-order valence-corrected chi connectivity index (χ2v) is 4.21. The van der Waals surface area contributed by atoms with Crippen molar-refractivity contribution in [3.05, 3.63) is 41.7 Å². The van der Waals surface area contributed by atoms with Gasteiger partial charge in [0.25, 0.3) is 0 Å². The molecule has 0 aliphatic rings. The van der Waals surface area contributed by atoms with E-state index in [1.54, 1.807) is 12.1 Å². The van der Waals surface area contributed by atoms with Crippen molar-refractivity contribution in [3.63, 3.8) is 0 Å². The number of halogens is 1. The molecule has 0 unspecified atom stereocenters. The smallest absolute Gasteiger partial charge is 0.134 e. The van der Waals surface area contributed by atoms with E-state index in [-0.39, 0.29) is 5.82 Å². The summed E-state index contributed by atoms with van der Waals surface area (Å²) in [6.07, 6.45) is 0. The maximum absolute atomic E-state index is 13.6. The van der Waals surface area contributed by atoms with E-state index in [2.05, 4.69) is 25.7 Å². The normalized spacial score (nSPS) is 10.6. The molecule has 1 rings (SSSR count). The van der Waals surface area contributed by atoms with Crippen molar-refractivity contribution in [2.45, 2.75) is 33.4 Å². The second-order valence-electron chi connectivity index (χ2n) is 4.21. The van der Waals surface area contributed by atoms with Crippen molar-refractivity contribution in [1.82, 2.24) is 5.32 Å². The molecule has 1 aromatic carbocycles. The molecule has 0 radical (unpaired) electrons. The standard InChI is InChI=1S/C14H20FNO/c1-5-17-11(4)13-8-12(6-7-14(13)15)9-16-10(2)3/h6-8,10,16H,4-5,9H2,1-3H3. The fourth-order valence-corrected chi connectivity index (χ4v) is 1.47. The first kappa shape index (κ1) is 13.7. The highest BCUT2D eigenvalue weighted by Crippen LogP contribution is 2.19. The Morgan fingerprint density at radius 2 is 2.18 bits per heavy atom. The van der Waals surface area contributed by atoms with Gasteiger partial charge in [-0.25, -0.2) is 4.39 Å². The minimum atomic E-state index is -0.295. The minimum Gasteiger partial charge on any atom is -0.494 e. The Morgan fingerprint density at radius 3 is 2.76 bits per heavy atom. The highest BCUT2D eigenvalue weighted by atomic mass is 19.1. The topological polar surface area (TPSA) is 21.3 Å². The third-order valence-corrected chi connectivity index (χ3v) is 2.36. The van der Waals surface area contributed by atoms with Gasteiger partial charge in [-0.05, 0) is 24.6 Å². The molecule has 0 aromatic heterocycles. The van der Waals surface area contributed by atoms with Crippen LogP contribution in [-0.4, -0.2) is 12.6 Å². The van der Waals surface area contributed by atoms with Crippen molar-refractivity contribution in [1.29, 1.82) is 0 Å². The average Bonchev–Trinajstić information content (AvgIpc) is 2.28. The zero-order valence-corrected chi connectivity index (χ0v) is 10.7. The number of hydrogen-bond donors (Lipinski definition) is 1. The highest BCUT2D eigenvalue weighted by Gasteiger charge is 2.08. The van der Waals surface area contributed by atoms with Crippen LogP contribution in [0.3, 0.4) is 0 Å². The third kappa shape index (κ3) is 4.19. The molecule has 0 aliphatic heterocycles. The van der Waals surface area contributed by atoms with Crippen LogP contribution in [0.25, 0.3) is 5.76 Å². The lowest BCUT2D eigenvalue weighted by atomic mass is 10.1. The van der Waals surface area contributed by atoms with E-state index in [9.17, 15) is 4.39 Å². The molecular formula is C14H20FNO. The van der Waals surface area contributed by atoms with E-state index in [1.807, 2.05) is 6.92 Å². The first-order valence-corrected chi connectivity index (χ1v) is 5.88. The summed E-state index contributed by atoms with van der Waals surface area (Å²) in [5.41, 5.74) is 1.46. The Morgan fingerprint density at radius 1 is 1.47 bits per heavy atom. The summed E-state index contributed by atoms with van der Waals surface area (Å²) in [6.45, 7) is 10.9. The molecule has 1 N–H and O–H groups in total. The van der Waals surface area contributed by atoms with Gasteiger partial charge in [0.15, 0.2) is 0 Å². The van der Waals surface area contributed by atoms with Crippen LogP contribution in [0.15, 0.2) is 24.8 Å². The first-order valence-electron chi connectivity index (χ1n) is 5.88. The van der Waals surface area contributed by atoms with Crippen molar-refractivity contribution >= 4 is 5.76 Å². The lowest BCUT2D eigenvalue weighted by Crippen LogP contribution is -2.21. The number of rotatable bonds is 6. The van der Waals surface area contributed by atoms with Gasteiger partial charge >= 0.3 is 0 Å². The van der Waals surface area contributed by atoms with E-state index < -0.39 is 0 Å². The molecule has 1 aromatic rings.